The van der Waals surface area contributed by atoms with Gasteiger partial charge in [0.2, 0.25) is 5.91 Å². The van der Waals surface area contributed by atoms with E-state index in [4.69, 9.17) is 4.74 Å². The van der Waals surface area contributed by atoms with Crippen LogP contribution in [0.1, 0.15) is 23.6 Å². The van der Waals surface area contributed by atoms with Crippen molar-refractivity contribution in [2.45, 2.75) is 20.0 Å². The van der Waals surface area contributed by atoms with Crippen molar-refractivity contribution in [1.82, 2.24) is 4.72 Å². The first-order valence-corrected chi connectivity index (χ1v) is 14.2. The van der Waals surface area contributed by atoms with E-state index in [2.05, 4.69) is 9.71 Å². The van der Waals surface area contributed by atoms with Gasteiger partial charge in [-0.2, -0.15) is 13.4 Å². The quantitative estimate of drug-likeness (QED) is 0.411. The molecule has 0 spiro atoms. The van der Waals surface area contributed by atoms with Gasteiger partial charge in [-0.25, -0.2) is 9.11 Å². The number of hydrogen-bond acceptors (Lipinski definition) is 7. The number of ether oxygens (including phenoxy) is 1. The number of benzene rings is 3. The first kappa shape index (κ1) is 26.4. The molecule has 2 heterocycles. The highest BCUT2D eigenvalue weighted by molar-refractivity contribution is 8.18. The molecule has 3 aromatic carbocycles. The number of thioether (sulfide) groups is 1. The highest BCUT2D eigenvalue weighted by atomic mass is 32.2. The molecule has 200 valence electrons. The molecule has 0 radical (unpaired) electrons. The van der Waals surface area contributed by atoms with Gasteiger partial charge in [-0.3, -0.25) is 14.3 Å². The van der Waals surface area contributed by atoms with E-state index < -0.39 is 16.1 Å². The molecule has 2 aliphatic rings. The maximum atomic E-state index is 13.0. The molecule has 0 aromatic heterocycles. The molecular weight excluding hydrogens is 543 g/mol. The zero-order valence-electron chi connectivity index (χ0n) is 20.7. The summed E-state index contributed by atoms with van der Waals surface area (Å²) in [5.41, 5.74) is 3.72. The van der Waals surface area contributed by atoms with E-state index >= 15 is 0 Å². The van der Waals surface area contributed by atoms with E-state index in [0.29, 0.717) is 41.1 Å². The number of amidine groups is 1. The second kappa shape index (κ2) is 10.9. The Balaban J connectivity index is 1.22. The molecular formula is C27H23FN4O5S2. The minimum Gasteiger partial charge on any atom is -0.489 e. The molecule has 39 heavy (non-hydrogen) atoms. The first-order chi connectivity index (χ1) is 18.6. The standard InChI is InChI=1S/C27H23FN4O5S2/c1-17(33)30-39(35,36)31-22-8-11-24-20(15-22)12-13-32(24)27-29-26(34)25(38-27)14-18-4-9-23(10-5-18)37-16-19-2-6-21(28)7-3-19/h2-11,14-15,31H,12-13,16H2,1H3,(H,30,33)/b25-14+. The molecule has 0 fully saturated rings. The number of nitrogens with one attached hydrogen (secondary N) is 2. The number of amides is 2. The number of rotatable bonds is 7. The summed E-state index contributed by atoms with van der Waals surface area (Å²) in [6.45, 7) is 2.02. The molecule has 0 unspecified atom stereocenters. The van der Waals surface area contributed by atoms with E-state index in [1.165, 1.54) is 23.9 Å². The van der Waals surface area contributed by atoms with Crippen LogP contribution in [0.25, 0.3) is 6.08 Å². The fraction of sp³-hybridized carbons (Fsp3) is 0.148. The monoisotopic (exact) mass is 566 g/mol. The summed E-state index contributed by atoms with van der Waals surface area (Å²) < 4.78 is 47.0. The summed E-state index contributed by atoms with van der Waals surface area (Å²) in [7, 11) is -4.01. The van der Waals surface area contributed by atoms with Crippen LogP contribution in [0.3, 0.4) is 0 Å². The summed E-state index contributed by atoms with van der Waals surface area (Å²) in [6.07, 6.45) is 2.40. The molecule has 0 aliphatic carbocycles. The number of aliphatic imine (C=N–C) groups is 1. The number of anilines is 2. The van der Waals surface area contributed by atoms with Gasteiger partial charge in [0.25, 0.3) is 5.91 Å². The Morgan fingerprint density at radius 2 is 1.87 bits per heavy atom. The third-order valence-electron chi connectivity index (χ3n) is 5.84. The smallest absolute Gasteiger partial charge is 0.323 e. The molecule has 3 aromatic rings. The second-order valence-corrected chi connectivity index (χ2v) is 11.2. The van der Waals surface area contributed by atoms with Gasteiger partial charge in [0.05, 0.1) is 10.6 Å². The summed E-state index contributed by atoms with van der Waals surface area (Å²) in [5, 5.41) is 0.552. The van der Waals surface area contributed by atoms with Crippen molar-refractivity contribution in [2.24, 2.45) is 4.99 Å². The van der Waals surface area contributed by atoms with Gasteiger partial charge in [-0.15, -0.1) is 0 Å². The fourth-order valence-corrected chi connectivity index (χ4v) is 5.93. The molecule has 9 nitrogen and oxygen atoms in total. The van der Waals surface area contributed by atoms with Crippen LogP contribution in [-0.4, -0.2) is 31.9 Å². The minimum atomic E-state index is -4.01. The molecule has 2 aliphatic heterocycles. The van der Waals surface area contributed by atoms with E-state index in [9.17, 15) is 22.4 Å². The van der Waals surface area contributed by atoms with Crippen molar-refractivity contribution in [3.63, 3.8) is 0 Å². The largest absolute Gasteiger partial charge is 0.489 e. The predicted molar refractivity (Wildman–Crippen MR) is 149 cm³/mol. The van der Waals surface area contributed by atoms with Crippen molar-refractivity contribution in [3.05, 3.63) is 94.1 Å². The van der Waals surface area contributed by atoms with Crippen molar-refractivity contribution in [2.75, 3.05) is 16.2 Å². The number of halogens is 1. The van der Waals surface area contributed by atoms with Gasteiger partial charge in [0.1, 0.15) is 18.2 Å². The average molecular weight is 567 g/mol. The summed E-state index contributed by atoms with van der Waals surface area (Å²) in [5.74, 6) is -0.669. The van der Waals surface area contributed by atoms with Gasteiger partial charge in [-0.1, -0.05) is 24.3 Å². The molecule has 12 heteroatoms. The van der Waals surface area contributed by atoms with Crippen LogP contribution < -0.4 is 19.1 Å². The Kier molecular flexibility index (Phi) is 7.40. The van der Waals surface area contributed by atoms with Gasteiger partial charge < -0.3 is 9.64 Å². The lowest BCUT2D eigenvalue weighted by molar-refractivity contribution is -0.117. The minimum absolute atomic E-state index is 0.296. The molecule has 5 rings (SSSR count). The van der Waals surface area contributed by atoms with Crippen LogP contribution in [0.4, 0.5) is 15.8 Å². The van der Waals surface area contributed by atoms with Crippen LogP contribution >= 0.6 is 11.8 Å². The number of hydrogen-bond donors (Lipinski definition) is 2. The van der Waals surface area contributed by atoms with Crippen molar-refractivity contribution in [3.8, 4) is 5.75 Å². The third kappa shape index (κ3) is 6.47. The summed E-state index contributed by atoms with van der Waals surface area (Å²) >= 11 is 1.27. The Bertz CT molecular complexity index is 1600. The molecule has 0 saturated heterocycles. The summed E-state index contributed by atoms with van der Waals surface area (Å²) in [6, 6.07) is 18.4. The first-order valence-electron chi connectivity index (χ1n) is 11.9. The van der Waals surface area contributed by atoms with Gasteiger partial charge in [-0.05, 0) is 83.4 Å². The van der Waals surface area contributed by atoms with Gasteiger partial charge in [0.15, 0.2) is 5.17 Å². The maximum absolute atomic E-state index is 13.0. The van der Waals surface area contributed by atoms with Crippen LogP contribution in [0.2, 0.25) is 0 Å². The van der Waals surface area contributed by atoms with E-state index in [0.717, 1.165) is 29.3 Å². The summed E-state index contributed by atoms with van der Waals surface area (Å²) in [4.78, 5) is 30.4. The lowest BCUT2D eigenvalue weighted by Gasteiger charge is -2.18. The van der Waals surface area contributed by atoms with Crippen molar-refractivity contribution in [1.29, 1.82) is 0 Å². The normalized spacial score (nSPS) is 15.7. The van der Waals surface area contributed by atoms with Crippen LogP contribution in [-0.2, 0) is 32.8 Å². The fourth-order valence-electron chi connectivity index (χ4n) is 4.11. The van der Waals surface area contributed by atoms with Crippen molar-refractivity contribution >= 4 is 56.4 Å². The molecule has 0 atom stereocenters. The Labute approximate surface area is 229 Å². The SMILES string of the molecule is CC(=O)NS(=O)(=O)Nc1ccc2c(c1)CCN2C1=NC(=O)/C(=C\c2ccc(OCc3ccc(F)cc3)cc2)S1. The number of carbonyl (C=O) groups is 2. The zero-order chi connectivity index (χ0) is 27.6. The average Bonchev–Trinajstić information content (AvgIpc) is 3.46. The lowest BCUT2D eigenvalue weighted by Crippen LogP contribution is -2.33. The van der Waals surface area contributed by atoms with E-state index in [1.54, 1.807) is 48.5 Å². The Hall–Kier alpha value is -4.16. The van der Waals surface area contributed by atoms with Crippen molar-refractivity contribution < 1.29 is 27.1 Å². The highest BCUT2D eigenvalue weighted by Gasteiger charge is 2.31. The van der Waals surface area contributed by atoms with Crippen LogP contribution in [0.15, 0.2) is 76.6 Å². The third-order valence-corrected chi connectivity index (χ3v) is 7.91. The molecule has 0 saturated carbocycles. The molecule has 2 amide bonds. The maximum Gasteiger partial charge on any atom is 0.323 e. The zero-order valence-corrected chi connectivity index (χ0v) is 22.3. The Morgan fingerprint density at radius 3 is 2.59 bits per heavy atom. The highest BCUT2D eigenvalue weighted by Crippen LogP contribution is 2.37. The lowest BCUT2D eigenvalue weighted by atomic mass is 10.1. The Morgan fingerprint density at radius 1 is 1.13 bits per heavy atom. The number of carbonyl (C=O) groups excluding carboxylic acids is 2. The second-order valence-electron chi connectivity index (χ2n) is 8.80. The van der Waals surface area contributed by atoms with E-state index in [-0.39, 0.29) is 11.7 Å². The topological polar surface area (TPSA) is 117 Å². The molecule has 0 bridgehead atoms. The molecule has 2 N–H and O–H groups in total. The van der Waals surface area contributed by atoms with Gasteiger partial charge in [0, 0.05) is 19.2 Å². The van der Waals surface area contributed by atoms with Crippen LogP contribution in [0, 0.1) is 5.82 Å². The number of fused-ring (bicyclic) bond motifs is 1. The van der Waals surface area contributed by atoms with Gasteiger partial charge >= 0.3 is 10.2 Å². The van der Waals surface area contributed by atoms with E-state index in [1.807, 2.05) is 21.8 Å². The predicted octanol–water partition coefficient (Wildman–Crippen LogP) is 4.23. The number of nitrogens with zero attached hydrogens (tertiary/aromatic N) is 2. The van der Waals surface area contributed by atoms with Crippen LogP contribution in [0.5, 0.6) is 5.75 Å².